The molecule has 2 heterocycles. The van der Waals surface area contributed by atoms with Gasteiger partial charge in [0.25, 0.3) is 0 Å². The van der Waals surface area contributed by atoms with Gasteiger partial charge >= 0.3 is 0 Å². The zero-order valence-corrected chi connectivity index (χ0v) is 10.8. The fourth-order valence-electron chi connectivity index (χ4n) is 3.12. The second-order valence-corrected chi connectivity index (χ2v) is 5.42. The molecular weight excluding hydrogens is 216 g/mol. The molecule has 17 heavy (non-hydrogen) atoms. The zero-order chi connectivity index (χ0) is 12.3. The average molecular weight is 240 g/mol. The Kier molecular flexibility index (Phi) is 4.40. The molecule has 0 saturated carbocycles. The van der Waals surface area contributed by atoms with Crippen LogP contribution < -0.4 is 0 Å². The molecule has 2 aliphatic rings. The summed E-state index contributed by atoms with van der Waals surface area (Å²) in [6.45, 7) is 5.99. The number of piperidine rings is 2. The van der Waals surface area contributed by atoms with Gasteiger partial charge in [-0.15, -0.1) is 0 Å². The molecule has 0 radical (unpaired) electrons. The minimum atomic E-state index is 0.204. The number of aliphatic hydroxyl groups is 1. The van der Waals surface area contributed by atoms with E-state index in [9.17, 15) is 9.90 Å². The Morgan fingerprint density at radius 3 is 2.53 bits per heavy atom. The van der Waals surface area contributed by atoms with Crippen molar-refractivity contribution in [1.29, 1.82) is 0 Å². The van der Waals surface area contributed by atoms with Crippen molar-refractivity contribution in [2.24, 2.45) is 5.92 Å². The molecule has 2 rings (SSSR count). The van der Waals surface area contributed by atoms with E-state index >= 15 is 0 Å². The number of hydrogen-bond acceptors (Lipinski definition) is 3. The van der Waals surface area contributed by atoms with Crippen molar-refractivity contribution in [1.82, 2.24) is 9.80 Å². The summed E-state index contributed by atoms with van der Waals surface area (Å²) in [6, 6.07) is 0.625. The predicted octanol–water partition coefficient (Wildman–Crippen LogP) is 0.702. The van der Waals surface area contributed by atoms with E-state index in [0.29, 0.717) is 18.6 Å². The molecule has 2 aliphatic heterocycles. The second kappa shape index (κ2) is 5.83. The van der Waals surface area contributed by atoms with E-state index in [1.54, 1.807) is 6.92 Å². The maximum Gasteiger partial charge on any atom is 0.219 e. The highest BCUT2D eigenvalue weighted by molar-refractivity contribution is 5.73. The van der Waals surface area contributed by atoms with Gasteiger partial charge in [0.15, 0.2) is 0 Å². The third-order valence-electron chi connectivity index (χ3n) is 4.23. The topological polar surface area (TPSA) is 43.8 Å². The highest BCUT2D eigenvalue weighted by Gasteiger charge is 2.28. The quantitative estimate of drug-likeness (QED) is 0.773. The summed E-state index contributed by atoms with van der Waals surface area (Å²) in [5, 5.41) is 9.24. The predicted molar refractivity (Wildman–Crippen MR) is 66.7 cm³/mol. The number of aliphatic hydroxyl groups excluding tert-OH is 1. The van der Waals surface area contributed by atoms with Gasteiger partial charge in [0.2, 0.25) is 5.91 Å². The van der Waals surface area contributed by atoms with Gasteiger partial charge < -0.3 is 10.0 Å². The largest absolute Gasteiger partial charge is 0.396 e. The zero-order valence-electron chi connectivity index (χ0n) is 10.8. The van der Waals surface area contributed by atoms with Gasteiger partial charge in [0, 0.05) is 39.2 Å². The van der Waals surface area contributed by atoms with E-state index in [0.717, 1.165) is 32.5 Å². The third-order valence-corrected chi connectivity index (χ3v) is 4.23. The lowest BCUT2D eigenvalue weighted by molar-refractivity contribution is -0.130. The van der Waals surface area contributed by atoms with Crippen molar-refractivity contribution in [2.75, 3.05) is 32.8 Å². The molecule has 4 heteroatoms. The number of hydrogen-bond donors (Lipinski definition) is 1. The minimum Gasteiger partial charge on any atom is -0.396 e. The smallest absolute Gasteiger partial charge is 0.219 e. The van der Waals surface area contributed by atoms with Crippen molar-refractivity contribution >= 4 is 5.91 Å². The molecule has 0 aromatic carbocycles. The highest BCUT2D eigenvalue weighted by Crippen LogP contribution is 2.23. The molecule has 98 valence electrons. The number of carbonyl (C=O) groups excluding carboxylic acids is 1. The lowest BCUT2D eigenvalue weighted by atomic mass is 9.94. The second-order valence-electron chi connectivity index (χ2n) is 5.42. The van der Waals surface area contributed by atoms with Gasteiger partial charge in [-0.2, -0.15) is 0 Å². The monoisotopic (exact) mass is 240 g/mol. The summed E-state index contributed by atoms with van der Waals surface area (Å²) in [7, 11) is 0. The Morgan fingerprint density at radius 1 is 1.24 bits per heavy atom. The summed E-state index contributed by atoms with van der Waals surface area (Å²) in [5.41, 5.74) is 0. The van der Waals surface area contributed by atoms with Crippen molar-refractivity contribution in [3.05, 3.63) is 0 Å². The van der Waals surface area contributed by atoms with Gasteiger partial charge in [-0.25, -0.2) is 0 Å². The maximum absolute atomic E-state index is 11.3. The minimum absolute atomic E-state index is 0.204. The van der Waals surface area contributed by atoms with E-state index in [4.69, 9.17) is 0 Å². The first kappa shape index (κ1) is 12.8. The number of rotatable bonds is 2. The maximum atomic E-state index is 11.3. The van der Waals surface area contributed by atoms with Crippen LogP contribution in [0.3, 0.4) is 0 Å². The Labute approximate surface area is 104 Å². The van der Waals surface area contributed by atoms with E-state index < -0.39 is 0 Å². The molecule has 0 spiro atoms. The molecule has 1 amide bonds. The molecule has 1 atom stereocenters. The van der Waals surface area contributed by atoms with Crippen LogP contribution >= 0.6 is 0 Å². The summed E-state index contributed by atoms with van der Waals surface area (Å²) in [4.78, 5) is 15.7. The first-order valence-electron chi connectivity index (χ1n) is 6.81. The molecule has 4 nitrogen and oxygen atoms in total. The lowest BCUT2D eigenvalue weighted by Crippen LogP contribution is -2.49. The summed E-state index contributed by atoms with van der Waals surface area (Å²) in [5.74, 6) is 0.671. The van der Waals surface area contributed by atoms with Crippen LogP contribution in [0.5, 0.6) is 0 Å². The van der Waals surface area contributed by atoms with E-state index in [2.05, 4.69) is 4.90 Å². The van der Waals surface area contributed by atoms with Crippen molar-refractivity contribution in [2.45, 2.75) is 38.6 Å². The molecule has 0 aromatic rings. The van der Waals surface area contributed by atoms with Crippen LogP contribution in [0.15, 0.2) is 0 Å². The van der Waals surface area contributed by atoms with Crippen LogP contribution in [-0.2, 0) is 4.79 Å². The fraction of sp³-hybridized carbons (Fsp3) is 0.923. The van der Waals surface area contributed by atoms with Crippen LogP contribution in [-0.4, -0.2) is 59.6 Å². The molecule has 1 N–H and O–H groups in total. The lowest BCUT2D eigenvalue weighted by Gasteiger charge is -2.41. The van der Waals surface area contributed by atoms with Gasteiger partial charge in [-0.1, -0.05) is 0 Å². The fourth-order valence-corrected chi connectivity index (χ4v) is 3.12. The average Bonchev–Trinajstić information content (AvgIpc) is 2.39. The molecular formula is C13H24N2O2. The number of amides is 1. The Bertz CT molecular complexity index is 262. The van der Waals surface area contributed by atoms with Gasteiger partial charge in [0.1, 0.15) is 0 Å². The number of nitrogens with zero attached hydrogens (tertiary/aromatic N) is 2. The van der Waals surface area contributed by atoms with Gasteiger partial charge in [-0.3, -0.25) is 9.69 Å². The van der Waals surface area contributed by atoms with Crippen molar-refractivity contribution in [3.63, 3.8) is 0 Å². The highest BCUT2D eigenvalue weighted by atomic mass is 16.3. The third kappa shape index (κ3) is 3.19. The van der Waals surface area contributed by atoms with Crippen LogP contribution in [0.4, 0.5) is 0 Å². The van der Waals surface area contributed by atoms with Gasteiger partial charge in [0.05, 0.1) is 0 Å². The molecule has 1 unspecified atom stereocenters. The van der Waals surface area contributed by atoms with Crippen LogP contribution in [0, 0.1) is 5.92 Å². The summed E-state index contributed by atoms with van der Waals surface area (Å²) in [6.07, 6.45) is 4.56. The SMILES string of the molecule is CC(=O)N1CCC(N2CCCC(CO)C2)CC1. The van der Waals surface area contributed by atoms with Gasteiger partial charge in [-0.05, 0) is 38.1 Å². The first-order valence-corrected chi connectivity index (χ1v) is 6.81. The molecule has 2 saturated heterocycles. The number of carbonyl (C=O) groups is 1. The molecule has 2 fully saturated rings. The Morgan fingerprint density at radius 2 is 1.94 bits per heavy atom. The summed E-state index contributed by atoms with van der Waals surface area (Å²) < 4.78 is 0. The molecule has 0 aromatic heterocycles. The molecule has 0 bridgehead atoms. The van der Waals surface area contributed by atoms with Crippen LogP contribution in [0.2, 0.25) is 0 Å². The van der Waals surface area contributed by atoms with Crippen LogP contribution in [0.25, 0.3) is 0 Å². The first-order chi connectivity index (χ1) is 8.20. The molecule has 0 aliphatic carbocycles. The van der Waals surface area contributed by atoms with Crippen molar-refractivity contribution < 1.29 is 9.90 Å². The van der Waals surface area contributed by atoms with E-state index in [1.165, 1.54) is 19.4 Å². The van der Waals surface area contributed by atoms with Crippen molar-refractivity contribution in [3.8, 4) is 0 Å². The Hall–Kier alpha value is -0.610. The normalized spacial score (nSPS) is 28.4. The summed E-state index contributed by atoms with van der Waals surface area (Å²) >= 11 is 0. The van der Waals surface area contributed by atoms with E-state index in [-0.39, 0.29) is 5.91 Å². The Balaban J connectivity index is 1.81. The standard InChI is InChI=1S/C13H24N2O2/c1-11(17)14-7-4-13(5-8-14)15-6-2-3-12(9-15)10-16/h12-13,16H,2-10H2,1H3. The number of likely N-dealkylation sites (tertiary alicyclic amines) is 2. The van der Waals surface area contributed by atoms with E-state index in [1.807, 2.05) is 4.90 Å². The van der Waals surface area contributed by atoms with Crippen LogP contribution in [0.1, 0.15) is 32.6 Å².